The molecule has 0 fully saturated rings. The Hall–Kier alpha value is -1.79. The zero-order valence-electron chi connectivity index (χ0n) is 12.5. The van der Waals surface area contributed by atoms with E-state index in [-0.39, 0.29) is 18.1 Å². The minimum Gasteiger partial charge on any atom is -0.468 e. The van der Waals surface area contributed by atoms with Crippen molar-refractivity contribution in [3.63, 3.8) is 0 Å². The first kappa shape index (κ1) is 15.6. The number of urea groups is 1. The van der Waals surface area contributed by atoms with Crippen LogP contribution in [0.25, 0.3) is 0 Å². The molecule has 0 saturated carbocycles. The minimum absolute atomic E-state index is 0.00594. The molecule has 2 aromatic rings. The van der Waals surface area contributed by atoms with Gasteiger partial charge in [-0.3, -0.25) is 4.90 Å². The Kier molecular flexibility index (Phi) is 5.41. The largest absolute Gasteiger partial charge is 0.468 e. The van der Waals surface area contributed by atoms with Crippen LogP contribution in [0, 0.1) is 0 Å². The quantitative estimate of drug-likeness (QED) is 0.862. The summed E-state index contributed by atoms with van der Waals surface area (Å²) >= 11 is 1.63. The molecule has 114 valence electrons. The van der Waals surface area contributed by atoms with Gasteiger partial charge in [0.2, 0.25) is 0 Å². The van der Waals surface area contributed by atoms with Gasteiger partial charge in [-0.25, -0.2) is 4.79 Å². The smallest absolute Gasteiger partial charge is 0.315 e. The topological polar surface area (TPSA) is 57.5 Å². The van der Waals surface area contributed by atoms with E-state index in [1.165, 1.54) is 0 Å². The van der Waals surface area contributed by atoms with Gasteiger partial charge in [0.25, 0.3) is 0 Å². The molecule has 0 saturated heterocycles. The fourth-order valence-corrected chi connectivity index (χ4v) is 2.80. The number of nitrogens with one attached hydrogen (secondary N) is 2. The van der Waals surface area contributed by atoms with Gasteiger partial charge in [-0.1, -0.05) is 6.07 Å². The van der Waals surface area contributed by atoms with Crippen molar-refractivity contribution in [1.29, 1.82) is 0 Å². The summed E-state index contributed by atoms with van der Waals surface area (Å²) in [6, 6.07) is 7.61. The number of amides is 2. The monoisotopic (exact) mass is 307 g/mol. The molecule has 0 bridgehead atoms. The van der Waals surface area contributed by atoms with Crippen molar-refractivity contribution in [3.8, 4) is 0 Å². The molecule has 0 aliphatic rings. The Labute approximate surface area is 128 Å². The number of carbonyl (C=O) groups is 1. The second kappa shape index (κ2) is 7.28. The van der Waals surface area contributed by atoms with E-state index in [2.05, 4.69) is 10.6 Å². The third-order valence-electron chi connectivity index (χ3n) is 3.27. The molecule has 2 aromatic heterocycles. The van der Waals surface area contributed by atoms with Gasteiger partial charge < -0.3 is 15.1 Å². The van der Waals surface area contributed by atoms with E-state index >= 15 is 0 Å². The van der Waals surface area contributed by atoms with Crippen LogP contribution >= 0.6 is 11.3 Å². The van der Waals surface area contributed by atoms with E-state index in [4.69, 9.17) is 4.42 Å². The zero-order chi connectivity index (χ0) is 15.2. The van der Waals surface area contributed by atoms with Crippen LogP contribution in [0.2, 0.25) is 0 Å². The molecule has 0 aliphatic heterocycles. The van der Waals surface area contributed by atoms with Crippen LogP contribution in [-0.4, -0.2) is 31.6 Å². The second-order valence-corrected chi connectivity index (χ2v) is 6.07. The third-order valence-corrected chi connectivity index (χ3v) is 4.32. The molecule has 0 radical (unpaired) electrons. The number of carbonyl (C=O) groups excluding carboxylic acids is 1. The van der Waals surface area contributed by atoms with E-state index in [1.54, 1.807) is 17.6 Å². The fourth-order valence-electron chi connectivity index (χ4n) is 2.06. The van der Waals surface area contributed by atoms with Crippen LogP contribution in [-0.2, 0) is 0 Å². The molecule has 21 heavy (non-hydrogen) atoms. The van der Waals surface area contributed by atoms with Gasteiger partial charge in [0.05, 0.1) is 18.3 Å². The molecule has 2 heterocycles. The van der Waals surface area contributed by atoms with Gasteiger partial charge in [-0.05, 0) is 44.6 Å². The summed E-state index contributed by atoms with van der Waals surface area (Å²) in [5.41, 5.74) is 0. The van der Waals surface area contributed by atoms with Crippen molar-refractivity contribution >= 4 is 17.4 Å². The van der Waals surface area contributed by atoms with Crippen LogP contribution in [0.4, 0.5) is 4.79 Å². The molecular weight excluding hydrogens is 286 g/mol. The van der Waals surface area contributed by atoms with Gasteiger partial charge in [-0.2, -0.15) is 0 Å². The average Bonchev–Trinajstić information content (AvgIpc) is 3.12. The average molecular weight is 307 g/mol. The van der Waals surface area contributed by atoms with E-state index in [0.29, 0.717) is 6.54 Å². The highest BCUT2D eigenvalue weighted by Crippen LogP contribution is 2.19. The predicted molar refractivity (Wildman–Crippen MR) is 84.4 cm³/mol. The Bertz CT molecular complexity index is 537. The van der Waals surface area contributed by atoms with Crippen molar-refractivity contribution in [2.75, 3.05) is 20.6 Å². The summed E-state index contributed by atoms with van der Waals surface area (Å²) in [6.07, 6.45) is 1.64. The lowest BCUT2D eigenvalue weighted by molar-refractivity contribution is 0.223. The Morgan fingerprint density at radius 2 is 2.19 bits per heavy atom. The van der Waals surface area contributed by atoms with Crippen molar-refractivity contribution in [2.24, 2.45) is 0 Å². The highest BCUT2D eigenvalue weighted by molar-refractivity contribution is 7.10. The minimum atomic E-state index is -0.172. The molecule has 2 amide bonds. The molecule has 2 N–H and O–H groups in total. The van der Waals surface area contributed by atoms with Crippen molar-refractivity contribution in [2.45, 2.75) is 19.0 Å². The lowest BCUT2D eigenvalue weighted by Gasteiger charge is -2.23. The molecular formula is C15H21N3O2S. The molecule has 2 atom stereocenters. The van der Waals surface area contributed by atoms with Crippen LogP contribution < -0.4 is 10.6 Å². The first-order valence-corrected chi connectivity index (χ1v) is 7.73. The fraction of sp³-hybridized carbons (Fsp3) is 0.400. The van der Waals surface area contributed by atoms with Gasteiger partial charge in [0.15, 0.2) is 0 Å². The van der Waals surface area contributed by atoms with Crippen LogP contribution in [0.3, 0.4) is 0 Å². The number of furan rings is 1. The van der Waals surface area contributed by atoms with Crippen molar-refractivity contribution < 1.29 is 9.21 Å². The summed E-state index contributed by atoms with van der Waals surface area (Å²) in [7, 11) is 3.92. The van der Waals surface area contributed by atoms with Gasteiger partial charge in [-0.15, -0.1) is 11.3 Å². The Morgan fingerprint density at radius 3 is 2.76 bits per heavy atom. The first-order valence-electron chi connectivity index (χ1n) is 6.85. The molecule has 0 spiro atoms. The molecule has 0 aromatic carbocycles. The second-order valence-electron chi connectivity index (χ2n) is 5.09. The Balaban J connectivity index is 1.85. The highest BCUT2D eigenvalue weighted by Gasteiger charge is 2.18. The van der Waals surface area contributed by atoms with Crippen LogP contribution in [0.15, 0.2) is 40.3 Å². The van der Waals surface area contributed by atoms with Crippen LogP contribution in [0.1, 0.15) is 29.6 Å². The highest BCUT2D eigenvalue weighted by atomic mass is 32.1. The summed E-state index contributed by atoms with van der Waals surface area (Å²) in [6.45, 7) is 2.46. The number of hydrogen-bond donors (Lipinski definition) is 2. The molecule has 5 nitrogen and oxygen atoms in total. The zero-order valence-corrected chi connectivity index (χ0v) is 13.3. The summed E-state index contributed by atoms with van der Waals surface area (Å²) in [5, 5.41) is 7.84. The predicted octanol–water partition coefficient (Wildman–Crippen LogP) is 3.00. The third kappa shape index (κ3) is 4.34. The number of nitrogens with zero attached hydrogens (tertiary/aromatic N) is 1. The lowest BCUT2D eigenvalue weighted by Crippen LogP contribution is -2.41. The maximum absolute atomic E-state index is 12.0. The Morgan fingerprint density at radius 1 is 1.38 bits per heavy atom. The van der Waals surface area contributed by atoms with Crippen molar-refractivity contribution in [1.82, 2.24) is 15.5 Å². The molecule has 0 aliphatic carbocycles. The first-order chi connectivity index (χ1) is 10.1. The molecule has 0 unspecified atom stereocenters. The maximum atomic E-state index is 12.0. The van der Waals surface area contributed by atoms with Gasteiger partial charge in [0, 0.05) is 11.4 Å². The summed E-state index contributed by atoms with van der Waals surface area (Å²) in [5.74, 6) is 0.839. The summed E-state index contributed by atoms with van der Waals surface area (Å²) < 4.78 is 5.42. The number of hydrogen-bond acceptors (Lipinski definition) is 4. The number of thiophene rings is 1. The normalized spacial score (nSPS) is 13.9. The van der Waals surface area contributed by atoms with Crippen molar-refractivity contribution in [3.05, 3.63) is 46.5 Å². The molecule has 2 rings (SSSR count). The van der Waals surface area contributed by atoms with Gasteiger partial charge in [0.1, 0.15) is 5.76 Å². The maximum Gasteiger partial charge on any atom is 0.315 e. The SMILES string of the molecule is C[C@@H](NC(=O)NC[C@@H](c1ccco1)N(C)C)c1cccs1. The van der Waals surface area contributed by atoms with E-state index in [1.807, 2.05) is 55.6 Å². The van der Waals surface area contributed by atoms with E-state index in [0.717, 1.165) is 10.6 Å². The van der Waals surface area contributed by atoms with Gasteiger partial charge >= 0.3 is 6.03 Å². The standard InChI is InChI=1S/C15H21N3O2S/c1-11(14-7-5-9-21-14)17-15(19)16-10-12(18(2)3)13-6-4-8-20-13/h4-9,11-12H,10H2,1-3H3,(H2,16,17,19)/t11-,12+/m1/s1. The van der Waals surface area contributed by atoms with E-state index < -0.39 is 0 Å². The van der Waals surface area contributed by atoms with Crippen LogP contribution in [0.5, 0.6) is 0 Å². The summed E-state index contributed by atoms with van der Waals surface area (Å²) in [4.78, 5) is 15.1. The molecule has 6 heteroatoms. The number of likely N-dealkylation sites (N-methyl/N-ethyl adjacent to an activating group) is 1. The lowest BCUT2D eigenvalue weighted by atomic mass is 10.2. The number of rotatable bonds is 6. The van der Waals surface area contributed by atoms with E-state index in [9.17, 15) is 4.79 Å².